The van der Waals surface area contributed by atoms with Crippen molar-refractivity contribution in [1.82, 2.24) is 25.3 Å². The van der Waals surface area contributed by atoms with Gasteiger partial charge in [-0.15, -0.1) is 0 Å². The number of nitrogens with one attached hydrogen (secondary N) is 1. The first-order valence-electron chi connectivity index (χ1n) is 12.9. The number of amides is 1. The molecule has 0 radical (unpaired) electrons. The zero-order valence-electron chi connectivity index (χ0n) is 20.6. The van der Waals surface area contributed by atoms with Crippen molar-refractivity contribution in [2.75, 3.05) is 26.2 Å². The first-order valence-corrected chi connectivity index (χ1v) is 12.9. The molecule has 5 rings (SSSR count). The van der Waals surface area contributed by atoms with Crippen LogP contribution in [-0.2, 0) is 16.6 Å². The van der Waals surface area contributed by atoms with Crippen molar-refractivity contribution in [3.63, 3.8) is 0 Å². The number of aromatic nitrogens is 3. The highest BCUT2D eigenvalue weighted by Gasteiger charge is 2.68. The molecule has 0 spiro atoms. The summed E-state index contributed by atoms with van der Waals surface area (Å²) in [5.41, 5.74) is 1.41. The van der Waals surface area contributed by atoms with Crippen LogP contribution in [0, 0.1) is 24.7 Å². The van der Waals surface area contributed by atoms with Gasteiger partial charge in [-0.25, -0.2) is 9.97 Å². The Labute approximate surface area is 201 Å². The molecule has 1 N–H and O–H groups in total. The van der Waals surface area contributed by atoms with E-state index in [0.717, 1.165) is 49.9 Å². The predicted molar refractivity (Wildman–Crippen MR) is 127 cm³/mol. The number of rotatable bonds is 9. The van der Waals surface area contributed by atoms with Gasteiger partial charge in [0.25, 0.3) is 5.91 Å². The quantitative estimate of drug-likeness (QED) is 0.605. The van der Waals surface area contributed by atoms with Gasteiger partial charge in [0.1, 0.15) is 11.6 Å². The molecular weight excluding hydrogens is 430 g/mol. The molecule has 8 nitrogen and oxygen atoms in total. The number of aryl methyl sites for hydroxylation is 2. The lowest BCUT2D eigenvalue weighted by Gasteiger charge is -2.30. The van der Waals surface area contributed by atoms with Crippen molar-refractivity contribution in [3.8, 4) is 5.75 Å². The van der Waals surface area contributed by atoms with E-state index in [9.17, 15) is 4.79 Å². The molecule has 1 aliphatic heterocycles. The summed E-state index contributed by atoms with van der Waals surface area (Å²) in [5, 5.41) is 7.57. The first kappa shape index (κ1) is 23.3. The first-order chi connectivity index (χ1) is 16.5. The van der Waals surface area contributed by atoms with E-state index in [1.54, 1.807) is 12.4 Å². The molecule has 3 aliphatic rings. The second-order valence-corrected chi connectivity index (χ2v) is 10.5. The molecule has 0 bridgehead atoms. The van der Waals surface area contributed by atoms with Crippen LogP contribution in [0.2, 0.25) is 0 Å². The smallest absolute Gasteiger partial charge is 0.258 e. The van der Waals surface area contributed by atoms with Gasteiger partial charge in [0.05, 0.1) is 18.1 Å². The Morgan fingerprint density at radius 1 is 1.26 bits per heavy atom. The van der Waals surface area contributed by atoms with Gasteiger partial charge in [-0.3, -0.25) is 4.79 Å². The molecule has 3 atom stereocenters. The molecule has 2 aromatic rings. The average Bonchev–Trinajstić information content (AvgIpc) is 3.24. The predicted octanol–water partition coefficient (Wildman–Crippen LogP) is 3.30. The average molecular weight is 468 g/mol. The molecule has 184 valence electrons. The van der Waals surface area contributed by atoms with Gasteiger partial charge in [0.15, 0.2) is 12.4 Å². The minimum Gasteiger partial charge on any atom is -0.481 e. The molecule has 1 saturated heterocycles. The molecule has 34 heavy (non-hydrogen) atoms. The molecule has 2 saturated carbocycles. The van der Waals surface area contributed by atoms with Crippen LogP contribution in [0.3, 0.4) is 0 Å². The fourth-order valence-corrected chi connectivity index (χ4v) is 6.23. The largest absolute Gasteiger partial charge is 0.481 e. The molecule has 0 aromatic carbocycles. The van der Waals surface area contributed by atoms with E-state index in [0.29, 0.717) is 17.5 Å². The lowest BCUT2D eigenvalue weighted by Crippen LogP contribution is -2.40. The van der Waals surface area contributed by atoms with Crippen LogP contribution in [-0.4, -0.2) is 58.2 Å². The Morgan fingerprint density at radius 3 is 2.74 bits per heavy atom. The molecule has 2 aromatic heterocycles. The van der Waals surface area contributed by atoms with Gasteiger partial charge in [0.2, 0.25) is 0 Å². The third-order valence-corrected chi connectivity index (χ3v) is 8.49. The van der Waals surface area contributed by atoms with Crippen molar-refractivity contribution < 1.29 is 14.1 Å². The van der Waals surface area contributed by atoms with Crippen molar-refractivity contribution in [2.24, 2.45) is 17.8 Å². The fourth-order valence-electron chi connectivity index (χ4n) is 6.23. The second-order valence-electron chi connectivity index (χ2n) is 10.5. The number of piperidine rings is 1. The Morgan fingerprint density at radius 2 is 2.03 bits per heavy atom. The van der Waals surface area contributed by atoms with Gasteiger partial charge < -0.3 is 19.5 Å². The van der Waals surface area contributed by atoms with E-state index >= 15 is 0 Å². The fraction of sp³-hybridized carbons (Fsp3) is 0.692. The highest BCUT2D eigenvalue weighted by molar-refractivity contribution is 5.77. The van der Waals surface area contributed by atoms with Gasteiger partial charge in [-0.2, -0.15) is 0 Å². The maximum Gasteiger partial charge on any atom is 0.258 e. The minimum absolute atomic E-state index is 0.00786. The van der Waals surface area contributed by atoms with Gasteiger partial charge in [-0.05, 0) is 63.3 Å². The van der Waals surface area contributed by atoms with E-state index in [-0.39, 0.29) is 24.0 Å². The summed E-state index contributed by atoms with van der Waals surface area (Å²) < 4.78 is 11.0. The summed E-state index contributed by atoms with van der Waals surface area (Å²) in [6.07, 6.45) is 9.80. The Bertz CT molecular complexity index is 985. The number of hydrogen-bond acceptors (Lipinski definition) is 7. The number of carbonyl (C=O) groups is 1. The highest BCUT2D eigenvalue weighted by atomic mass is 16.5. The van der Waals surface area contributed by atoms with Gasteiger partial charge >= 0.3 is 0 Å². The van der Waals surface area contributed by atoms with Crippen LogP contribution < -0.4 is 10.1 Å². The normalized spacial score (nSPS) is 30.7. The maximum absolute atomic E-state index is 12.3. The lowest BCUT2D eigenvalue weighted by molar-refractivity contribution is -0.124. The van der Waals surface area contributed by atoms with Crippen LogP contribution in [0.5, 0.6) is 5.75 Å². The molecule has 3 fully saturated rings. The molecule has 1 unspecified atom stereocenters. The summed E-state index contributed by atoms with van der Waals surface area (Å²) in [5.74, 6) is 4.32. The molecule has 3 heterocycles. The third-order valence-electron chi connectivity index (χ3n) is 8.49. The Hall–Kier alpha value is -2.48. The van der Waals surface area contributed by atoms with E-state index in [1.165, 1.54) is 31.5 Å². The second kappa shape index (κ2) is 9.64. The standard InChI is InChI=1S/C26H37N5O3/c1-4-21-11-24(30-34-21)26-16-31(14-23(26)17(26)2)10-9-19-5-7-20(8-6-19)29-25(32)15-33-22-12-27-18(3)28-13-22/h11-13,17,19-20,23H,4-10,14-16H2,1-3H3,(H,29,32)/t17?,19-,20-,23-,26-/m1/s1. The molecular formula is C26H37N5O3. The topological polar surface area (TPSA) is 93.4 Å². The van der Waals surface area contributed by atoms with Gasteiger partial charge in [0, 0.05) is 37.0 Å². The Balaban J connectivity index is 1.01. The SMILES string of the molecule is CCc1cc([C@@]23CN(CC[C@H]4CC[C@H](NC(=O)COc5cnc(C)nc5)CC4)C[C@@H]2C3C)no1. The summed E-state index contributed by atoms with van der Waals surface area (Å²) in [7, 11) is 0. The lowest BCUT2D eigenvalue weighted by atomic mass is 9.84. The maximum atomic E-state index is 12.3. The molecule has 8 heteroatoms. The summed E-state index contributed by atoms with van der Waals surface area (Å²) >= 11 is 0. The number of fused-ring (bicyclic) bond motifs is 1. The van der Waals surface area contributed by atoms with Crippen LogP contribution >= 0.6 is 0 Å². The Kier molecular flexibility index (Phi) is 6.60. The minimum atomic E-state index is -0.0705. The van der Waals surface area contributed by atoms with Crippen molar-refractivity contribution in [1.29, 1.82) is 0 Å². The van der Waals surface area contributed by atoms with Crippen molar-refractivity contribution >= 4 is 5.91 Å². The van der Waals surface area contributed by atoms with Crippen LogP contribution in [0.4, 0.5) is 0 Å². The van der Waals surface area contributed by atoms with Crippen molar-refractivity contribution in [2.45, 2.75) is 70.8 Å². The van der Waals surface area contributed by atoms with Crippen LogP contribution in [0.25, 0.3) is 0 Å². The highest BCUT2D eigenvalue weighted by Crippen LogP contribution is 2.63. The van der Waals surface area contributed by atoms with E-state index < -0.39 is 0 Å². The number of carbonyl (C=O) groups excluding carboxylic acids is 1. The van der Waals surface area contributed by atoms with Crippen molar-refractivity contribution in [3.05, 3.63) is 35.7 Å². The number of ether oxygens (including phenoxy) is 1. The summed E-state index contributed by atoms with van der Waals surface area (Å²) in [6, 6.07) is 2.44. The van der Waals surface area contributed by atoms with E-state index in [4.69, 9.17) is 9.26 Å². The number of nitrogens with zero attached hydrogens (tertiary/aromatic N) is 4. The summed E-state index contributed by atoms with van der Waals surface area (Å²) in [6.45, 7) is 9.78. The van der Waals surface area contributed by atoms with E-state index in [2.05, 4.69) is 45.3 Å². The monoisotopic (exact) mass is 467 g/mol. The van der Waals surface area contributed by atoms with Crippen LogP contribution in [0.15, 0.2) is 23.0 Å². The number of hydrogen-bond donors (Lipinski definition) is 1. The number of likely N-dealkylation sites (tertiary alicyclic amines) is 1. The molecule has 1 amide bonds. The zero-order valence-corrected chi connectivity index (χ0v) is 20.6. The summed E-state index contributed by atoms with van der Waals surface area (Å²) in [4.78, 5) is 23.1. The van der Waals surface area contributed by atoms with E-state index in [1.807, 2.05) is 6.92 Å². The third kappa shape index (κ3) is 4.69. The zero-order chi connectivity index (χ0) is 23.7. The van der Waals surface area contributed by atoms with Gasteiger partial charge in [-0.1, -0.05) is 19.0 Å². The molecule has 2 aliphatic carbocycles. The van der Waals surface area contributed by atoms with Crippen LogP contribution in [0.1, 0.15) is 63.2 Å².